The van der Waals surface area contributed by atoms with Gasteiger partial charge in [-0.05, 0) is 24.1 Å². The van der Waals surface area contributed by atoms with Crippen LogP contribution in [0, 0.1) is 17.0 Å². The molecule has 1 N–H and O–H groups in total. The second-order valence-electron chi connectivity index (χ2n) is 4.88. The molecular weight excluding hydrogens is 268 g/mol. The van der Waals surface area contributed by atoms with Crippen LogP contribution in [0.1, 0.15) is 11.1 Å². The number of nitrogens with zero attached hydrogens (tertiary/aromatic N) is 2. The summed E-state index contributed by atoms with van der Waals surface area (Å²) in [7, 11) is 0. The summed E-state index contributed by atoms with van der Waals surface area (Å²) < 4.78 is 0. The van der Waals surface area contributed by atoms with Gasteiger partial charge in [0.1, 0.15) is 5.69 Å². The van der Waals surface area contributed by atoms with Crippen molar-refractivity contribution in [2.75, 3.05) is 18.1 Å². The Balaban J connectivity index is 2.36. The Kier molecular flexibility index (Phi) is 4.90. The molecule has 2 aromatic carbocycles. The van der Waals surface area contributed by atoms with Crippen molar-refractivity contribution in [2.24, 2.45) is 0 Å². The summed E-state index contributed by atoms with van der Waals surface area (Å²) in [5, 5.41) is 20.5. The molecule has 21 heavy (non-hydrogen) atoms. The normalized spacial score (nSPS) is 10.4. The second kappa shape index (κ2) is 6.85. The number of hydrogen-bond acceptors (Lipinski definition) is 4. The maximum atomic E-state index is 11.3. The maximum absolute atomic E-state index is 11.3. The summed E-state index contributed by atoms with van der Waals surface area (Å²) in [6.07, 6.45) is 0. The Hall–Kier alpha value is -2.40. The minimum atomic E-state index is -0.377. The predicted octanol–water partition coefficient (Wildman–Crippen LogP) is 2.90. The quantitative estimate of drug-likeness (QED) is 0.655. The van der Waals surface area contributed by atoms with Crippen molar-refractivity contribution in [1.29, 1.82) is 0 Å². The third kappa shape index (κ3) is 3.79. The Labute approximate surface area is 123 Å². The van der Waals surface area contributed by atoms with Crippen molar-refractivity contribution in [2.45, 2.75) is 13.5 Å². The minimum Gasteiger partial charge on any atom is -0.395 e. The van der Waals surface area contributed by atoms with E-state index in [0.717, 1.165) is 11.1 Å². The van der Waals surface area contributed by atoms with Gasteiger partial charge < -0.3 is 10.0 Å². The molecule has 0 saturated carbocycles. The summed E-state index contributed by atoms with van der Waals surface area (Å²) in [5.74, 6) is 0. The first-order valence-corrected chi connectivity index (χ1v) is 6.76. The number of hydrogen-bond donors (Lipinski definition) is 1. The van der Waals surface area contributed by atoms with Crippen LogP contribution in [0.2, 0.25) is 0 Å². The highest BCUT2D eigenvalue weighted by Gasteiger charge is 2.19. The monoisotopic (exact) mass is 286 g/mol. The smallest absolute Gasteiger partial charge is 0.292 e. The van der Waals surface area contributed by atoms with E-state index in [4.69, 9.17) is 0 Å². The molecule has 0 amide bonds. The minimum absolute atomic E-state index is 0.0577. The highest BCUT2D eigenvalue weighted by molar-refractivity contribution is 5.64. The van der Waals surface area contributed by atoms with Gasteiger partial charge in [0.15, 0.2) is 0 Å². The average Bonchev–Trinajstić information content (AvgIpc) is 2.48. The molecule has 0 unspecified atom stereocenters. The summed E-state index contributed by atoms with van der Waals surface area (Å²) in [6.45, 7) is 2.63. The number of anilines is 1. The van der Waals surface area contributed by atoms with Gasteiger partial charge in [0, 0.05) is 19.2 Å². The van der Waals surface area contributed by atoms with Gasteiger partial charge in [-0.2, -0.15) is 0 Å². The van der Waals surface area contributed by atoms with Crippen LogP contribution in [0.4, 0.5) is 11.4 Å². The highest BCUT2D eigenvalue weighted by atomic mass is 16.6. The molecule has 110 valence electrons. The lowest BCUT2D eigenvalue weighted by Crippen LogP contribution is -2.26. The molecule has 2 aromatic rings. The van der Waals surface area contributed by atoms with Crippen molar-refractivity contribution >= 4 is 11.4 Å². The number of benzene rings is 2. The molecular formula is C16H18N2O3. The van der Waals surface area contributed by atoms with Gasteiger partial charge in [0.2, 0.25) is 0 Å². The lowest BCUT2D eigenvalue weighted by Gasteiger charge is -2.24. The zero-order valence-corrected chi connectivity index (χ0v) is 11.9. The van der Waals surface area contributed by atoms with Crippen molar-refractivity contribution in [3.05, 3.63) is 69.8 Å². The largest absolute Gasteiger partial charge is 0.395 e. The number of aliphatic hydroxyl groups is 1. The van der Waals surface area contributed by atoms with Crippen LogP contribution in [0.15, 0.2) is 48.5 Å². The molecule has 5 nitrogen and oxygen atoms in total. The van der Waals surface area contributed by atoms with Crippen LogP contribution < -0.4 is 4.90 Å². The molecule has 0 heterocycles. The molecule has 0 aromatic heterocycles. The fourth-order valence-corrected chi connectivity index (χ4v) is 2.26. The van der Waals surface area contributed by atoms with Gasteiger partial charge in [0.05, 0.1) is 11.5 Å². The van der Waals surface area contributed by atoms with E-state index in [0.29, 0.717) is 18.8 Å². The van der Waals surface area contributed by atoms with Crippen LogP contribution in [0.5, 0.6) is 0 Å². The molecule has 0 atom stereocenters. The van der Waals surface area contributed by atoms with Gasteiger partial charge in [-0.3, -0.25) is 10.1 Å². The number of aryl methyl sites for hydroxylation is 1. The first-order valence-electron chi connectivity index (χ1n) is 6.76. The molecule has 0 aliphatic carbocycles. The number of aliphatic hydroxyl groups excluding tert-OH is 1. The fourth-order valence-electron chi connectivity index (χ4n) is 2.26. The van der Waals surface area contributed by atoms with Crippen LogP contribution in [0.25, 0.3) is 0 Å². The average molecular weight is 286 g/mol. The van der Waals surface area contributed by atoms with Crippen molar-refractivity contribution in [1.82, 2.24) is 0 Å². The predicted molar refractivity (Wildman–Crippen MR) is 82.4 cm³/mol. The second-order valence-corrected chi connectivity index (χ2v) is 4.88. The van der Waals surface area contributed by atoms with E-state index in [1.54, 1.807) is 12.1 Å². The van der Waals surface area contributed by atoms with Crippen LogP contribution >= 0.6 is 0 Å². The first kappa shape index (κ1) is 15.0. The van der Waals surface area contributed by atoms with Gasteiger partial charge in [0.25, 0.3) is 5.69 Å². The van der Waals surface area contributed by atoms with Crippen molar-refractivity contribution in [3.63, 3.8) is 0 Å². The van der Waals surface area contributed by atoms with Crippen LogP contribution in [-0.2, 0) is 6.54 Å². The third-order valence-electron chi connectivity index (χ3n) is 3.25. The Bertz CT molecular complexity index is 614. The van der Waals surface area contributed by atoms with E-state index in [2.05, 4.69) is 0 Å². The number of rotatable bonds is 6. The summed E-state index contributed by atoms with van der Waals surface area (Å²) in [5.41, 5.74) is 2.48. The summed E-state index contributed by atoms with van der Waals surface area (Å²) >= 11 is 0. The Morgan fingerprint density at radius 2 is 1.90 bits per heavy atom. The molecule has 2 rings (SSSR count). The first-order chi connectivity index (χ1) is 10.1. The molecule has 0 radical (unpaired) electrons. The van der Waals surface area contributed by atoms with E-state index in [1.807, 2.05) is 48.2 Å². The highest BCUT2D eigenvalue weighted by Crippen LogP contribution is 2.30. The van der Waals surface area contributed by atoms with Gasteiger partial charge >= 0.3 is 0 Å². The zero-order chi connectivity index (χ0) is 15.2. The molecule has 5 heteroatoms. The molecule has 0 fully saturated rings. The van der Waals surface area contributed by atoms with Crippen LogP contribution in [-0.4, -0.2) is 23.2 Å². The standard InChI is InChI=1S/C16H18N2O3/c1-13-7-8-15(16(11-13)18(20)21)17(9-10-19)12-14-5-3-2-4-6-14/h2-8,11,19H,9-10,12H2,1H3. The van der Waals surface area contributed by atoms with Crippen LogP contribution in [0.3, 0.4) is 0 Å². The van der Waals surface area contributed by atoms with Crippen molar-refractivity contribution < 1.29 is 10.0 Å². The SMILES string of the molecule is Cc1ccc(N(CCO)Cc2ccccc2)c([N+](=O)[O-])c1. The van der Waals surface area contributed by atoms with E-state index in [1.165, 1.54) is 0 Å². The molecule has 0 aliphatic heterocycles. The van der Waals surface area contributed by atoms with E-state index in [9.17, 15) is 15.2 Å². The molecule has 0 saturated heterocycles. The Morgan fingerprint density at radius 1 is 1.19 bits per heavy atom. The van der Waals surface area contributed by atoms with E-state index >= 15 is 0 Å². The topological polar surface area (TPSA) is 66.6 Å². The maximum Gasteiger partial charge on any atom is 0.292 e. The zero-order valence-electron chi connectivity index (χ0n) is 11.9. The van der Waals surface area contributed by atoms with Gasteiger partial charge in [-0.25, -0.2) is 0 Å². The van der Waals surface area contributed by atoms with E-state index in [-0.39, 0.29) is 17.2 Å². The summed E-state index contributed by atoms with van der Waals surface area (Å²) in [4.78, 5) is 12.7. The van der Waals surface area contributed by atoms with Gasteiger partial charge in [-0.15, -0.1) is 0 Å². The third-order valence-corrected chi connectivity index (χ3v) is 3.25. The molecule has 0 bridgehead atoms. The van der Waals surface area contributed by atoms with Crippen molar-refractivity contribution in [3.8, 4) is 0 Å². The lowest BCUT2D eigenvalue weighted by molar-refractivity contribution is -0.384. The lowest BCUT2D eigenvalue weighted by atomic mass is 10.1. The summed E-state index contributed by atoms with van der Waals surface area (Å²) in [6, 6.07) is 14.9. The number of nitro benzene ring substituents is 1. The molecule has 0 spiro atoms. The Morgan fingerprint density at radius 3 is 2.52 bits per heavy atom. The molecule has 0 aliphatic rings. The van der Waals surface area contributed by atoms with E-state index < -0.39 is 0 Å². The van der Waals surface area contributed by atoms with Gasteiger partial charge in [-0.1, -0.05) is 36.4 Å². The fraction of sp³-hybridized carbons (Fsp3) is 0.250. The number of nitro groups is 1.